The smallest absolute Gasteiger partial charge is 0.248 e. The molecule has 0 aromatic heterocycles. The largest absolute Gasteiger partial charge is 0.284 e. The van der Waals surface area contributed by atoms with Crippen molar-refractivity contribution in [2.24, 2.45) is 0 Å². The van der Waals surface area contributed by atoms with E-state index in [0.717, 1.165) is 0 Å². The van der Waals surface area contributed by atoms with Gasteiger partial charge >= 0.3 is 0 Å². The zero-order valence-corrected chi connectivity index (χ0v) is 13.2. The fraction of sp³-hybridized carbons (Fsp3) is 1.00. The Kier molecular flexibility index (Phi) is 5.30. The van der Waals surface area contributed by atoms with Crippen molar-refractivity contribution in [2.75, 3.05) is 26.2 Å². The lowest BCUT2D eigenvalue weighted by Crippen LogP contribution is -2.54. The molecule has 0 N–H and O–H groups in total. The van der Waals surface area contributed by atoms with Crippen LogP contribution in [0.15, 0.2) is 0 Å². The van der Waals surface area contributed by atoms with E-state index in [2.05, 4.69) is 0 Å². The molecule has 0 aromatic carbocycles. The molecular weight excluding hydrogens is 323 g/mol. The van der Waals surface area contributed by atoms with Gasteiger partial charge in [-0.3, -0.25) is 9.80 Å². The van der Waals surface area contributed by atoms with Crippen LogP contribution in [0.2, 0.25) is 0 Å². The van der Waals surface area contributed by atoms with E-state index >= 15 is 0 Å². The normalized spacial score (nSPS) is 23.8. The molecule has 0 spiro atoms. The lowest BCUT2D eigenvalue weighted by molar-refractivity contribution is 0.120. The van der Waals surface area contributed by atoms with Crippen LogP contribution in [0.25, 0.3) is 0 Å². The van der Waals surface area contributed by atoms with Crippen molar-refractivity contribution in [1.82, 2.24) is 9.80 Å². The third kappa shape index (κ3) is 4.21. The third-order valence-corrected chi connectivity index (χ3v) is 6.97. The van der Waals surface area contributed by atoms with Gasteiger partial charge in [0.25, 0.3) is 0 Å². The molecule has 6 nitrogen and oxygen atoms in total. The highest BCUT2D eigenvalue weighted by Crippen LogP contribution is 2.18. The number of halogens is 2. The highest BCUT2D eigenvalue weighted by molar-refractivity contribution is 8.14. The SMILES string of the molecule is CC(N1CCN(C(C)S(=O)(=O)Cl)CC1)S(=O)(=O)Cl. The summed E-state index contributed by atoms with van der Waals surface area (Å²) in [6, 6.07) is 0. The van der Waals surface area contributed by atoms with Gasteiger partial charge in [0, 0.05) is 47.5 Å². The molecule has 1 saturated heterocycles. The Hall–Kier alpha value is 0.400. The minimum Gasteiger partial charge on any atom is -0.284 e. The first kappa shape index (κ1) is 16.5. The van der Waals surface area contributed by atoms with Crippen LogP contribution in [-0.4, -0.2) is 63.6 Å². The quantitative estimate of drug-likeness (QED) is 0.692. The lowest BCUT2D eigenvalue weighted by atomic mass is 10.3. The number of rotatable bonds is 4. The predicted octanol–water partition coefficient (Wildman–Crippen LogP) is 0.433. The third-order valence-electron chi connectivity index (χ3n) is 3.19. The summed E-state index contributed by atoms with van der Waals surface area (Å²) < 4.78 is 44.8. The molecule has 2 atom stereocenters. The standard InChI is InChI=1S/C8H16Cl2N2O4S2/c1-7(17(9,13)14)11-3-5-12(6-4-11)8(2)18(10,15)16/h7-8H,3-6H2,1-2H3. The molecule has 1 aliphatic rings. The van der Waals surface area contributed by atoms with Crippen LogP contribution in [0, 0.1) is 0 Å². The minimum atomic E-state index is -3.63. The molecule has 0 radical (unpaired) electrons. The summed E-state index contributed by atoms with van der Waals surface area (Å²) in [5, 5.41) is -1.55. The number of nitrogens with zero attached hydrogens (tertiary/aromatic N) is 2. The second-order valence-corrected chi connectivity index (χ2v) is 10.1. The Labute approximate surface area is 117 Å². The van der Waals surface area contributed by atoms with Gasteiger partial charge in [0.05, 0.1) is 0 Å². The molecule has 0 aliphatic carbocycles. The van der Waals surface area contributed by atoms with Crippen molar-refractivity contribution >= 4 is 39.5 Å². The molecular formula is C8H16Cl2N2O4S2. The maximum Gasteiger partial charge on any atom is 0.248 e. The first-order valence-electron chi connectivity index (χ1n) is 5.38. The molecule has 0 amide bonds. The van der Waals surface area contributed by atoms with Crippen LogP contribution in [0.3, 0.4) is 0 Å². The second kappa shape index (κ2) is 5.80. The highest BCUT2D eigenvalue weighted by atomic mass is 35.7. The second-order valence-electron chi connectivity index (χ2n) is 4.22. The summed E-state index contributed by atoms with van der Waals surface area (Å²) in [6.45, 7) is 4.76. The molecule has 2 unspecified atom stereocenters. The van der Waals surface area contributed by atoms with E-state index < -0.39 is 28.8 Å². The van der Waals surface area contributed by atoms with Crippen molar-refractivity contribution in [1.29, 1.82) is 0 Å². The fourth-order valence-electron chi connectivity index (χ4n) is 1.82. The van der Waals surface area contributed by atoms with Crippen LogP contribution < -0.4 is 0 Å². The van der Waals surface area contributed by atoms with Gasteiger partial charge in [-0.15, -0.1) is 0 Å². The van der Waals surface area contributed by atoms with Crippen LogP contribution in [0.1, 0.15) is 13.8 Å². The zero-order chi connectivity index (χ0) is 14.1. The molecule has 1 rings (SSSR count). The van der Waals surface area contributed by atoms with Crippen LogP contribution in [0.4, 0.5) is 0 Å². The molecule has 1 fully saturated rings. The van der Waals surface area contributed by atoms with Gasteiger partial charge in [-0.05, 0) is 13.8 Å². The molecule has 18 heavy (non-hydrogen) atoms. The van der Waals surface area contributed by atoms with Gasteiger partial charge in [0.1, 0.15) is 10.7 Å². The van der Waals surface area contributed by atoms with Gasteiger partial charge in [0.15, 0.2) is 0 Å². The Morgan fingerprint density at radius 2 is 1.00 bits per heavy atom. The molecule has 0 bridgehead atoms. The van der Waals surface area contributed by atoms with Gasteiger partial charge in [-0.25, -0.2) is 16.8 Å². The summed E-state index contributed by atoms with van der Waals surface area (Å²) in [7, 11) is 3.31. The summed E-state index contributed by atoms with van der Waals surface area (Å²) in [5.74, 6) is 0. The first-order chi connectivity index (χ1) is 8.03. The van der Waals surface area contributed by atoms with Crippen LogP contribution in [-0.2, 0) is 18.1 Å². The van der Waals surface area contributed by atoms with Gasteiger partial charge in [0.2, 0.25) is 18.1 Å². The highest BCUT2D eigenvalue weighted by Gasteiger charge is 2.32. The number of piperazine rings is 1. The van der Waals surface area contributed by atoms with E-state index in [9.17, 15) is 16.8 Å². The fourth-order valence-corrected chi connectivity index (χ4v) is 3.63. The Balaban J connectivity index is 2.62. The average Bonchev–Trinajstić information content (AvgIpc) is 2.25. The zero-order valence-electron chi connectivity index (χ0n) is 10.1. The van der Waals surface area contributed by atoms with Gasteiger partial charge < -0.3 is 0 Å². The lowest BCUT2D eigenvalue weighted by Gasteiger charge is -2.38. The van der Waals surface area contributed by atoms with E-state index in [1.54, 1.807) is 9.80 Å². The molecule has 1 aliphatic heterocycles. The van der Waals surface area contributed by atoms with Crippen molar-refractivity contribution in [3.05, 3.63) is 0 Å². The summed E-state index contributed by atoms with van der Waals surface area (Å²) >= 11 is 0. The summed E-state index contributed by atoms with van der Waals surface area (Å²) in [5.41, 5.74) is 0. The minimum absolute atomic E-state index is 0.434. The van der Waals surface area contributed by atoms with Crippen LogP contribution >= 0.6 is 21.4 Å². The van der Waals surface area contributed by atoms with Crippen molar-refractivity contribution in [2.45, 2.75) is 24.6 Å². The molecule has 10 heteroatoms. The Morgan fingerprint density at radius 3 is 1.17 bits per heavy atom. The molecule has 0 saturated carbocycles. The summed E-state index contributed by atoms with van der Waals surface area (Å²) in [6.07, 6.45) is 0. The molecule has 108 valence electrons. The van der Waals surface area contributed by atoms with Gasteiger partial charge in [-0.2, -0.15) is 0 Å². The molecule has 1 heterocycles. The van der Waals surface area contributed by atoms with Gasteiger partial charge in [-0.1, -0.05) is 0 Å². The maximum absolute atomic E-state index is 11.2. The Bertz CT molecular complexity index is 439. The topological polar surface area (TPSA) is 74.8 Å². The predicted molar refractivity (Wildman–Crippen MR) is 71.6 cm³/mol. The monoisotopic (exact) mass is 338 g/mol. The maximum atomic E-state index is 11.2. The van der Waals surface area contributed by atoms with E-state index in [1.807, 2.05) is 0 Å². The Morgan fingerprint density at radius 1 is 0.778 bits per heavy atom. The number of hydrogen-bond acceptors (Lipinski definition) is 6. The van der Waals surface area contributed by atoms with Crippen LogP contribution in [0.5, 0.6) is 0 Å². The van der Waals surface area contributed by atoms with Crippen molar-refractivity contribution < 1.29 is 16.8 Å². The van der Waals surface area contributed by atoms with E-state index in [4.69, 9.17) is 21.4 Å². The van der Waals surface area contributed by atoms with E-state index in [1.165, 1.54) is 13.8 Å². The van der Waals surface area contributed by atoms with Crippen molar-refractivity contribution in [3.63, 3.8) is 0 Å². The number of hydrogen-bond donors (Lipinski definition) is 0. The van der Waals surface area contributed by atoms with E-state index in [0.29, 0.717) is 26.2 Å². The van der Waals surface area contributed by atoms with Crippen molar-refractivity contribution in [3.8, 4) is 0 Å². The van der Waals surface area contributed by atoms with E-state index in [-0.39, 0.29) is 0 Å². The molecule has 0 aromatic rings. The average molecular weight is 339 g/mol. The first-order valence-corrected chi connectivity index (χ1v) is 10.1. The summed E-state index contributed by atoms with van der Waals surface area (Å²) in [4.78, 5) is 3.40.